The van der Waals surface area contributed by atoms with Crippen LogP contribution < -0.4 is 10.9 Å². The van der Waals surface area contributed by atoms with Crippen LogP contribution in [-0.4, -0.2) is 39.2 Å². The molecular weight excluding hydrogens is 488 g/mol. The fourth-order valence-electron chi connectivity index (χ4n) is 4.14. The maximum atomic E-state index is 13.8. The molecular formula is C25H23ClN4O2S2. The molecule has 5 rings (SSSR count). The van der Waals surface area contributed by atoms with Crippen LogP contribution in [0.2, 0.25) is 5.02 Å². The zero-order valence-corrected chi connectivity index (χ0v) is 21.0. The van der Waals surface area contributed by atoms with Crippen LogP contribution in [-0.2, 0) is 17.8 Å². The number of rotatable bonds is 6. The standard InChI is InChI=1S/C25H23ClN4O2S2/c1-2-29-12-11-19-20(14-29)34-23-22(19)24(32)30(18-9-4-3-5-10-18)25(28-23)33-15-21(31)27-17-8-6-7-16(26)13-17/h3-10,13H,2,11-12,14-15H2,1H3,(H,27,31). The molecule has 0 radical (unpaired) electrons. The Morgan fingerprint density at radius 1 is 1.21 bits per heavy atom. The van der Waals surface area contributed by atoms with Crippen molar-refractivity contribution in [3.8, 4) is 5.69 Å². The highest BCUT2D eigenvalue weighted by Crippen LogP contribution is 2.34. The number of hydrogen-bond donors (Lipinski definition) is 1. The predicted octanol–water partition coefficient (Wildman–Crippen LogP) is 5.21. The van der Waals surface area contributed by atoms with E-state index in [-0.39, 0.29) is 17.2 Å². The molecule has 34 heavy (non-hydrogen) atoms. The third kappa shape index (κ3) is 4.63. The number of aromatic nitrogens is 2. The molecule has 2 aromatic carbocycles. The molecule has 1 amide bonds. The molecule has 1 aliphatic heterocycles. The molecule has 3 heterocycles. The highest BCUT2D eigenvalue weighted by molar-refractivity contribution is 7.99. The molecule has 0 fully saturated rings. The van der Waals surface area contributed by atoms with E-state index in [0.717, 1.165) is 42.1 Å². The second-order valence-corrected chi connectivity index (χ2v) is 10.5. The average molecular weight is 511 g/mol. The van der Waals surface area contributed by atoms with Gasteiger partial charge in [0.05, 0.1) is 16.8 Å². The first kappa shape index (κ1) is 23.1. The van der Waals surface area contributed by atoms with E-state index in [1.807, 2.05) is 30.3 Å². The van der Waals surface area contributed by atoms with Crippen LogP contribution in [0.25, 0.3) is 15.9 Å². The average Bonchev–Trinajstić information content (AvgIpc) is 3.21. The van der Waals surface area contributed by atoms with E-state index in [9.17, 15) is 9.59 Å². The number of halogens is 1. The summed E-state index contributed by atoms with van der Waals surface area (Å²) in [6.45, 7) is 4.93. The van der Waals surface area contributed by atoms with E-state index < -0.39 is 0 Å². The maximum absolute atomic E-state index is 13.8. The number of likely N-dealkylation sites (N-methyl/N-ethyl adjacent to an activating group) is 1. The Bertz CT molecular complexity index is 1420. The SMILES string of the molecule is CCN1CCc2c(sc3nc(SCC(=O)Nc4cccc(Cl)c4)n(-c4ccccc4)c(=O)c23)C1. The first-order valence-corrected chi connectivity index (χ1v) is 13.2. The van der Waals surface area contributed by atoms with Gasteiger partial charge in [0.2, 0.25) is 5.91 Å². The smallest absolute Gasteiger partial charge is 0.267 e. The topological polar surface area (TPSA) is 67.2 Å². The minimum Gasteiger partial charge on any atom is -0.325 e. The number of carbonyl (C=O) groups excluding carboxylic acids is 1. The quantitative estimate of drug-likeness (QED) is 0.285. The van der Waals surface area contributed by atoms with Gasteiger partial charge in [-0.15, -0.1) is 11.3 Å². The number of benzene rings is 2. The summed E-state index contributed by atoms with van der Waals surface area (Å²) >= 11 is 8.87. The van der Waals surface area contributed by atoms with Gasteiger partial charge in [-0.2, -0.15) is 0 Å². The molecule has 0 spiro atoms. The number of amides is 1. The summed E-state index contributed by atoms with van der Waals surface area (Å²) in [6.07, 6.45) is 0.851. The van der Waals surface area contributed by atoms with Crippen LogP contribution in [0.15, 0.2) is 64.5 Å². The van der Waals surface area contributed by atoms with Crippen molar-refractivity contribution in [2.24, 2.45) is 0 Å². The molecule has 2 aromatic heterocycles. The molecule has 0 bridgehead atoms. The highest BCUT2D eigenvalue weighted by Gasteiger charge is 2.25. The third-order valence-electron chi connectivity index (χ3n) is 5.83. The minimum atomic E-state index is -0.190. The molecule has 174 valence electrons. The molecule has 6 nitrogen and oxygen atoms in total. The minimum absolute atomic E-state index is 0.0728. The summed E-state index contributed by atoms with van der Waals surface area (Å²) < 4.78 is 1.64. The van der Waals surface area contributed by atoms with Gasteiger partial charge in [-0.1, -0.05) is 54.6 Å². The van der Waals surface area contributed by atoms with E-state index in [1.165, 1.54) is 16.6 Å². The normalized spacial score (nSPS) is 13.7. The van der Waals surface area contributed by atoms with E-state index >= 15 is 0 Å². The maximum Gasteiger partial charge on any atom is 0.267 e. The summed E-state index contributed by atoms with van der Waals surface area (Å²) in [5, 5.41) is 4.63. The summed E-state index contributed by atoms with van der Waals surface area (Å²) in [5.41, 5.74) is 2.43. The van der Waals surface area contributed by atoms with Gasteiger partial charge >= 0.3 is 0 Å². The van der Waals surface area contributed by atoms with Crippen LogP contribution in [0.4, 0.5) is 5.69 Å². The third-order valence-corrected chi connectivity index (χ3v) is 8.11. The number of fused-ring (bicyclic) bond motifs is 3. The van der Waals surface area contributed by atoms with Gasteiger partial charge in [0.25, 0.3) is 5.56 Å². The largest absolute Gasteiger partial charge is 0.325 e. The molecule has 0 saturated heterocycles. The predicted molar refractivity (Wildman–Crippen MR) is 141 cm³/mol. The summed E-state index contributed by atoms with van der Waals surface area (Å²) in [5.74, 6) is -0.0725. The van der Waals surface area contributed by atoms with Crippen molar-refractivity contribution in [3.63, 3.8) is 0 Å². The highest BCUT2D eigenvalue weighted by atomic mass is 35.5. The molecule has 0 atom stereocenters. The van der Waals surface area contributed by atoms with Crippen LogP contribution >= 0.6 is 34.7 Å². The molecule has 0 aliphatic carbocycles. The van der Waals surface area contributed by atoms with Gasteiger partial charge in [0.15, 0.2) is 5.16 Å². The van der Waals surface area contributed by atoms with Gasteiger partial charge < -0.3 is 5.32 Å². The van der Waals surface area contributed by atoms with Gasteiger partial charge in [0.1, 0.15) is 4.83 Å². The van der Waals surface area contributed by atoms with Crippen molar-refractivity contribution >= 4 is 56.5 Å². The number of anilines is 1. The van der Waals surface area contributed by atoms with Gasteiger partial charge in [-0.25, -0.2) is 4.98 Å². The molecule has 0 saturated carbocycles. The Balaban J connectivity index is 1.51. The second-order valence-electron chi connectivity index (χ2n) is 8.02. The number of nitrogens with zero attached hydrogens (tertiary/aromatic N) is 3. The first-order chi connectivity index (χ1) is 16.5. The zero-order valence-electron chi connectivity index (χ0n) is 18.6. The number of carbonyl (C=O) groups is 1. The van der Waals surface area contributed by atoms with Crippen LogP contribution in [0.3, 0.4) is 0 Å². The number of para-hydroxylation sites is 1. The molecule has 0 unspecified atom stereocenters. The Labute approximate surface area is 210 Å². The molecule has 4 aromatic rings. The van der Waals surface area contributed by atoms with Gasteiger partial charge in [0, 0.05) is 28.7 Å². The van der Waals surface area contributed by atoms with Crippen LogP contribution in [0.1, 0.15) is 17.4 Å². The Hall–Kier alpha value is -2.65. The number of thioether (sulfide) groups is 1. The van der Waals surface area contributed by atoms with E-state index in [0.29, 0.717) is 21.3 Å². The van der Waals surface area contributed by atoms with Crippen molar-refractivity contribution in [1.29, 1.82) is 0 Å². The Kier molecular flexibility index (Phi) is 6.74. The number of nitrogens with one attached hydrogen (secondary N) is 1. The zero-order chi connectivity index (χ0) is 23.7. The van der Waals surface area contributed by atoms with Gasteiger partial charge in [-0.05, 0) is 48.9 Å². The molecule has 1 aliphatic rings. The fraction of sp³-hybridized carbons (Fsp3) is 0.240. The van der Waals surface area contributed by atoms with E-state index in [4.69, 9.17) is 16.6 Å². The second kappa shape index (κ2) is 9.92. The van der Waals surface area contributed by atoms with Crippen molar-refractivity contribution in [1.82, 2.24) is 14.5 Å². The summed E-state index contributed by atoms with van der Waals surface area (Å²) in [4.78, 5) is 35.7. The first-order valence-electron chi connectivity index (χ1n) is 11.1. The van der Waals surface area contributed by atoms with Crippen molar-refractivity contribution in [2.45, 2.75) is 25.0 Å². The fourth-order valence-corrected chi connectivity index (χ4v) is 6.45. The van der Waals surface area contributed by atoms with E-state index in [1.54, 1.807) is 40.2 Å². The number of hydrogen-bond acceptors (Lipinski definition) is 6. The lowest BCUT2D eigenvalue weighted by molar-refractivity contribution is -0.113. The lowest BCUT2D eigenvalue weighted by Gasteiger charge is -2.25. The number of thiophene rings is 1. The Morgan fingerprint density at radius 2 is 2.03 bits per heavy atom. The van der Waals surface area contributed by atoms with Crippen LogP contribution in [0.5, 0.6) is 0 Å². The Morgan fingerprint density at radius 3 is 2.79 bits per heavy atom. The monoisotopic (exact) mass is 510 g/mol. The van der Waals surface area contributed by atoms with Crippen molar-refractivity contribution in [2.75, 3.05) is 24.2 Å². The molecule has 1 N–H and O–H groups in total. The van der Waals surface area contributed by atoms with Crippen molar-refractivity contribution < 1.29 is 4.79 Å². The molecule has 9 heteroatoms. The lowest BCUT2D eigenvalue weighted by Crippen LogP contribution is -2.30. The lowest BCUT2D eigenvalue weighted by atomic mass is 10.1. The van der Waals surface area contributed by atoms with Crippen LogP contribution in [0, 0.1) is 0 Å². The van der Waals surface area contributed by atoms with Crippen molar-refractivity contribution in [3.05, 3.63) is 80.4 Å². The summed E-state index contributed by atoms with van der Waals surface area (Å²) in [7, 11) is 0. The van der Waals surface area contributed by atoms with Gasteiger partial charge in [-0.3, -0.25) is 19.1 Å². The summed E-state index contributed by atoms with van der Waals surface area (Å²) in [6, 6.07) is 16.5. The van der Waals surface area contributed by atoms with E-state index in [2.05, 4.69) is 17.1 Å².